The molecule has 1 N–H and O–H groups in total. The van der Waals surface area contributed by atoms with Crippen LogP contribution in [-0.4, -0.2) is 59.4 Å². The summed E-state index contributed by atoms with van der Waals surface area (Å²) >= 11 is 0. The quantitative estimate of drug-likeness (QED) is 0.599. The van der Waals surface area contributed by atoms with Crippen LogP contribution in [0.5, 0.6) is 0 Å². The van der Waals surface area contributed by atoms with Gasteiger partial charge in [-0.2, -0.15) is 0 Å². The monoisotopic (exact) mass is 466 g/mol. The molecule has 1 aliphatic heterocycles. The van der Waals surface area contributed by atoms with E-state index in [9.17, 15) is 14.4 Å². The third kappa shape index (κ3) is 6.62. The standard InChI is InChI=1S/C26H34N4O4/c1-17(2)14-23(31)30-12-9-20(10-13-30)24-22(16-28-18(3)29-24)25(32)27-11-8-19-6-5-7-21(15-19)26(33)34-4/h5-7,15-17,20H,8-14H2,1-4H3,(H,27,32). The molecule has 182 valence electrons. The highest BCUT2D eigenvalue weighted by Gasteiger charge is 2.28. The smallest absolute Gasteiger partial charge is 0.337 e. The first-order chi connectivity index (χ1) is 16.3. The second-order valence-corrected chi connectivity index (χ2v) is 9.17. The lowest BCUT2D eigenvalue weighted by molar-refractivity contribution is -0.133. The molecule has 0 unspecified atom stereocenters. The van der Waals surface area contributed by atoms with Crippen LogP contribution in [-0.2, 0) is 16.0 Å². The summed E-state index contributed by atoms with van der Waals surface area (Å²) in [5.41, 5.74) is 2.66. The van der Waals surface area contributed by atoms with E-state index in [2.05, 4.69) is 29.1 Å². The van der Waals surface area contributed by atoms with Crippen molar-refractivity contribution < 1.29 is 19.1 Å². The van der Waals surface area contributed by atoms with Crippen molar-refractivity contribution in [3.63, 3.8) is 0 Å². The number of aryl methyl sites for hydroxylation is 1. The number of hydrogen-bond donors (Lipinski definition) is 1. The number of nitrogens with zero attached hydrogens (tertiary/aromatic N) is 3. The summed E-state index contributed by atoms with van der Waals surface area (Å²) in [6, 6.07) is 7.18. The van der Waals surface area contributed by atoms with Gasteiger partial charge in [0.2, 0.25) is 5.91 Å². The number of aromatic nitrogens is 2. The molecule has 8 heteroatoms. The molecular formula is C26H34N4O4. The molecule has 0 saturated carbocycles. The van der Waals surface area contributed by atoms with Gasteiger partial charge < -0.3 is 15.0 Å². The van der Waals surface area contributed by atoms with Gasteiger partial charge in [-0.15, -0.1) is 0 Å². The molecule has 0 radical (unpaired) electrons. The Morgan fingerprint density at radius 3 is 2.62 bits per heavy atom. The van der Waals surface area contributed by atoms with E-state index in [0.717, 1.165) is 24.1 Å². The maximum absolute atomic E-state index is 13.0. The number of hydrogen-bond acceptors (Lipinski definition) is 6. The van der Waals surface area contributed by atoms with Crippen LogP contribution in [0.4, 0.5) is 0 Å². The fourth-order valence-corrected chi connectivity index (χ4v) is 4.24. The number of methoxy groups -OCH3 is 1. The van der Waals surface area contributed by atoms with Gasteiger partial charge in [0, 0.05) is 38.2 Å². The zero-order chi connectivity index (χ0) is 24.7. The number of ether oxygens (including phenoxy) is 1. The summed E-state index contributed by atoms with van der Waals surface area (Å²) in [6.07, 6.45) is 4.30. The molecule has 2 amide bonds. The zero-order valence-electron chi connectivity index (χ0n) is 20.5. The lowest BCUT2D eigenvalue weighted by Gasteiger charge is -2.32. The van der Waals surface area contributed by atoms with Crippen molar-refractivity contribution in [2.75, 3.05) is 26.7 Å². The van der Waals surface area contributed by atoms with Gasteiger partial charge in [-0.05, 0) is 49.8 Å². The Kier molecular flexibility index (Phi) is 8.73. The van der Waals surface area contributed by atoms with Crippen LogP contribution in [0.2, 0.25) is 0 Å². The van der Waals surface area contributed by atoms with Crippen molar-refractivity contribution in [2.45, 2.75) is 52.4 Å². The minimum absolute atomic E-state index is 0.113. The first-order valence-corrected chi connectivity index (χ1v) is 11.8. The molecule has 1 aromatic heterocycles. The average molecular weight is 467 g/mol. The van der Waals surface area contributed by atoms with E-state index in [1.54, 1.807) is 24.4 Å². The van der Waals surface area contributed by atoms with Crippen LogP contribution in [0, 0.1) is 12.8 Å². The predicted octanol–water partition coefficient (Wildman–Crippen LogP) is 3.30. The molecule has 3 rings (SSSR count). The highest BCUT2D eigenvalue weighted by Crippen LogP contribution is 2.29. The summed E-state index contributed by atoms with van der Waals surface area (Å²) in [4.78, 5) is 47.9. The topological polar surface area (TPSA) is 101 Å². The Morgan fingerprint density at radius 2 is 1.94 bits per heavy atom. The van der Waals surface area contributed by atoms with E-state index in [4.69, 9.17) is 4.74 Å². The Bertz CT molecular complexity index is 1030. The maximum Gasteiger partial charge on any atom is 0.337 e. The van der Waals surface area contributed by atoms with E-state index in [0.29, 0.717) is 55.3 Å². The van der Waals surface area contributed by atoms with Gasteiger partial charge in [0.05, 0.1) is 23.9 Å². The number of benzene rings is 1. The normalized spacial score (nSPS) is 14.2. The molecule has 2 heterocycles. The third-order valence-electron chi connectivity index (χ3n) is 6.05. The molecule has 1 saturated heterocycles. The Morgan fingerprint density at radius 1 is 1.21 bits per heavy atom. The summed E-state index contributed by atoms with van der Waals surface area (Å²) in [7, 11) is 1.35. The van der Waals surface area contributed by atoms with E-state index in [1.165, 1.54) is 7.11 Å². The third-order valence-corrected chi connectivity index (χ3v) is 6.05. The van der Waals surface area contributed by atoms with Gasteiger partial charge >= 0.3 is 5.97 Å². The van der Waals surface area contributed by atoms with Gasteiger partial charge in [-0.3, -0.25) is 9.59 Å². The Hall–Kier alpha value is -3.29. The fourth-order valence-electron chi connectivity index (χ4n) is 4.24. The lowest BCUT2D eigenvalue weighted by atomic mass is 9.90. The molecule has 0 aliphatic carbocycles. The number of nitrogens with one attached hydrogen (secondary N) is 1. The second kappa shape index (κ2) is 11.7. The van der Waals surface area contributed by atoms with E-state index in [1.807, 2.05) is 17.9 Å². The first-order valence-electron chi connectivity index (χ1n) is 11.8. The molecule has 1 fully saturated rings. The minimum atomic E-state index is -0.385. The molecule has 1 aliphatic rings. The number of piperidine rings is 1. The predicted molar refractivity (Wildman–Crippen MR) is 129 cm³/mol. The van der Waals surface area contributed by atoms with Crippen molar-refractivity contribution >= 4 is 17.8 Å². The SMILES string of the molecule is COC(=O)c1cccc(CCNC(=O)c2cnc(C)nc2C2CCN(C(=O)CC(C)C)CC2)c1. The molecule has 0 bridgehead atoms. The van der Waals surface area contributed by atoms with Crippen molar-refractivity contribution in [3.8, 4) is 0 Å². The van der Waals surface area contributed by atoms with Crippen LogP contribution >= 0.6 is 0 Å². The summed E-state index contributed by atoms with van der Waals surface area (Å²) in [5, 5.41) is 2.96. The number of esters is 1. The summed E-state index contributed by atoms with van der Waals surface area (Å²) in [5.74, 6) is 0.683. The fraction of sp³-hybridized carbons (Fsp3) is 0.500. The number of rotatable bonds is 8. The zero-order valence-corrected chi connectivity index (χ0v) is 20.5. The van der Waals surface area contributed by atoms with Crippen molar-refractivity contribution in [2.24, 2.45) is 5.92 Å². The number of carbonyl (C=O) groups excluding carboxylic acids is 3. The van der Waals surface area contributed by atoms with Crippen LogP contribution < -0.4 is 5.32 Å². The molecule has 0 spiro atoms. The maximum atomic E-state index is 13.0. The van der Waals surface area contributed by atoms with Gasteiger partial charge in [0.15, 0.2) is 0 Å². The van der Waals surface area contributed by atoms with Gasteiger partial charge in [-0.25, -0.2) is 14.8 Å². The number of amides is 2. The van der Waals surface area contributed by atoms with E-state index < -0.39 is 0 Å². The van der Waals surface area contributed by atoms with Crippen LogP contribution in [0.1, 0.15) is 76.8 Å². The molecule has 1 aromatic carbocycles. The van der Waals surface area contributed by atoms with Crippen molar-refractivity contribution in [1.82, 2.24) is 20.2 Å². The van der Waals surface area contributed by atoms with E-state index in [-0.39, 0.29) is 23.7 Å². The minimum Gasteiger partial charge on any atom is -0.465 e. The second-order valence-electron chi connectivity index (χ2n) is 9.17. The van der Waals surface area contributed by atoms with Gasteiger partial charge in [0.25, 0.3) is 5.91 Å². The van der Waals surface area contributed by atoms with Gasteiger partial charge in [-0.1, -0.05) is 26.0 Å². The highest BCUT2D eigenvalue weighted by molar-refractivity contribution is 5.95. The molecule has 34 heavy (non-hydrogen) atoms. The average Bonchev–Trinajstić information content (AvgIpc) is 2.83. The lowest BCUT2D eigenvalue weighted by Crippen LogP contribution is -2.39. The van der Waals surface area contributed by atoms with E-state index >= 15 is 0 Å². The Labute approximate surface area is 201 Å². The number of likely N-dealkylation sites (tertiary alicyclic amines) is 1. The van der Waals surface area contributed by atoms with Crippen LogP contribution in [0.3, 0.4) is 0 Å². The molecule has 2 aromatic rings. The van der Waals surface area contributed by atoms with Crippen LogP contribution in [0.15, 0.2) is 30.5 Å². The number of carbonyl (C=O) groups is 3. The van der Waals surface area contributed by atoms with Gasteiger partial charge in [0.1, 0.15) is 5.82 Å². The summed E-state index contributed by atoms with van der Waals surface area (Å²) < 4.78 is 4.76. The summed E-state index contributed by atoms with van der Waals surface area (Å²) in [6.45, 7) is 7.69. The molecule has 8 nitrogen and oxygen atoms in total. The largest absolute Gasteiger partial charge is 0.465 e. The molecular weight excluding hydrogens is 432 g/mol. The van der Waals surface area contributed by atoms with Crippen LogP contribution in [0.25, 0.3) is 0 Å². The van der Waals surface area contributed by atoms with Crippen molar-refractivity contribution in [1.29, 1.82) is 0 Å². The van der Waals surface area contributed by atoms with Crippen molar-refractivity contribution in [3.05, 3.63) is 58.7 Å². The highest BCUT2D eigenvalue weighted by atomic mass is 16.5. The molecule has 0 atom stereocenters. The first kappa shape index (κ1) is 25.3. The Balaban J connectivity index is 1.62.